The topological polar surface area (TPSA) is 85.1 Å². The maximum Gasteiger partial charge on any atom is 0.271 e. The molecule has 6 nitrogen and oxygen atoms in total. The summed E-state index contributed by atoms with van der Waals surface area (Å²) in [6, 6.07) is 5.49. The van der Waals surface area contributed by atoms with E-state index in [1.54, 1.807) is 25.3 Å². The highest BCUT2D eigenvalue weighted by Crippen LogP contribution is 2.31. The van der Waals surface area contributed by atoms with Gasteiger partial charge in [0.05, 0.1) is 31.9 Å². The zero-order chi connectivity index (χ0) is 15.6. The van der Waals surface area contributed by atoms with Crippen molar-refractivity contribution in [1.29, 1.82) is 0 Å². The molecule has 2 aromatic rings. The van der Waals surface area contributed by atoms with Crippen LogP contribution >= 0.6 is 23.2 Å². The number of amides is 1. The Kier molecular flexibility index (Phi) is 4.40. The Labute approximate surface area is 129 Å². The number of anilines is 1. The number of non-ortho nitro benzene ring substituents is 1. The van der Waals surface area contributed by atoms with Gasteiger partial charge >= 0.3 is 0 Å². The molecule has 1 aromatic heterocycles. The van der Waals surface area contributed by atoms with Gasteiger partial charge in [-0.05, 0) is 19.1 Å². The number of nitrogens with one attached hydrogen (secondary N) is 1. The Morgan fingerprint density at radius 2 is 2.10 bits per heavy atom. The van der Waals surface area contributed by atoms with Gasteiger partial charge in [-0.3, -0.25) is 19.9 Å². The van der Waals surface area contributed by atoms with Gasteiger partial charge < -0.3 is 5.32 Å². The number of hydrogen-bond acceptors (Lipinski definition) is 4. The molecule has 0 unspecified atom stereocenters. The van der Waals surface area contributed by atoms with Crippen molar-refractivity contribution in [3.8, 4) is 0 Å². The second-order valence-corrected chi connectivity index (χ2v) is 4.92. The minimum Gasteiger partial charge on any atom is -0.320 e. The van der Waals surface area contributed by atoms with Crippen molar-refractivity contribution < 1.29 is 9.72 Å². The molecule has 0 aliphatic rings. The molecule has 1 N–H and O–H groups in total. The van der Waals surface area contributed by atoms with E-state index < -0.39 is 10.8 Å². The van der Waals surface area contributed by atoms with Crippen LogP contribution in [0.4, 0.5) is 11.4 Å². The molecule has 2 rings (SSSR count). The summed E-state index contributed by atoms with van der Waals surface area (Å²) in [5.41, 5.74) is 0.719. The summed E-state index contributed by atoms with van der Waals surface area (Å²) in [4.78, 5) is 26.4. The SMILES string of the molecule is Cc1ncccc1NC(=O)c1cc([N+](=O)[O-])cc(Cl)c1Cl. The standard InChI is InChI=1S/C13H9Cl2N3O3/c1-7-11(3-2-4-16-7)17-13(19)9-5-8(18(20)21)6-10(14)12(9)15/h2-6H,1H3,(H,17,19). The highest BCUT2D eigenvalue weighted by molar-refractivity contribution is 6.44. The van der Waals surface area contributed by atoms with E-state index in [1.165, 1.54) is 0 Å². The van der Waals surface area contributed by atoms with Gasteiger partial charge in [0.2, 0.25) is 0 Å². The van der Waals surface area contributed by atoms with Crippen LogP contribution in [-0.4, -0.2) is 15.8 Å². The van der Waals surface area contributed by atoms with Crippen molar-refractivity contribution >= 4 is 40.5 Å². The van der Waals surface area contributed by atoms with Crippen molar-refractivity contribution in [2.24, 2.45) is 0 Å². The molecule has 0 spiro atoms. The van der Waals surface area contributed by atoms with Gasteiger partial charge in [-0.15, -0.1) is 0 Å². The molecule has 1 aromatic carbocycles. The van der Waals surface area contributed by atoms with E-state index in [9.17, 15) is 14.9 Å². The Bertz CT molecular complexity index is 735. The van der Waals surface area contributed by atoms with E-state index in [4.69, 9.17) is 23.2 Å². The number of benzene rings is 1. The van der Waals surface area contributed by atoms with Gasteiger partial charge in [-0.2, -0.15) is 0 Å². The number of carbonyl (C=O) groups excluding carboxylic acids is 1. The second kappa shape index (κ2) is 6.07. The summed E-state index contributed by atoms with van der Waals surface area (Å²) in [5.74, 6) is -0.596. The van der Waals surface area contributed by atoms with Crippen LogP contribution in [0.1, 0.15) is 16.1 Å². The van der Waals surface area contributed by atoms with E-state index in [2.05, 4.69) is 10.3 Å². The Balaban J connectivity index is 2.39. The molecular weight excluding hydrogens is 317 g/mol. The molecule has 0 atom stereocenters. The summed E-state index contributed by atoms with van der Waals surface area (Å²) in [7, 11) is 0. The van der Waals surface area contributed by atoms with Crippen LogP contribution in [0.2, 0.25) is 10.0 Å². The summed E-state index contributed by atoms with van der Waals surface area (Å²) in [6.45, 7) is 1.72. The van der Waals surface area contributed by atoms with Crippen LogP contribution in [0.15, 0.2) is 30.5 Å². The quantitative estimate of drug-likeness (QED) is 0.685. The van der Waals surface area contributed by atoms with Gasteiger partial charge in [0.15, 0.2) is 0 Å². The van der Waals surface area contributed by atoms with Crippen molar-refractivity contribution in [3.05, 3.63) is 61.9 Å². The number of carbonyl (C=O) groups is 1. The maximum atomic E-state index is 12.2. The molecule has 0 saturated heterocycles. The van der Waals surface area contributed by atoms with E-state index in [-0.39, 0.29) is 21.3 Å². The van der Waals surface area contributed by atoms with Gasteiger partial charge in [0, 0.05) is 18.3 Å². The van der Waals surface area contributed by atoms with Gasteiger partial charge in [0.1, 0.15) is 0 Å². The van der Waals surface area contributed by atoms with Crippen molar-refractivity contribution in [2.45, 2.75) is 6.92 Å². The number of halogens is 2. The zero-order valence-corrected chi connectivity index (χ0v) is 12.3. The van der Waals surface area contributed by atoms with Crippen LogP contribution in [0, 0.1) is 17.0 Å². The largest absolute Gasteiger partial charge is 0.320 e. The first-order valence-electron chi connectivity index (χ1n) is 5.76. The molecule has 1 amide bonds. The van der Waals surface area contributed by atoms with E-state index in [0.29, 0.717) is 11.4 Å². The minimum atomic E-state index is -0.645. The average Bonchev–Trinajstić information content (AvgIpc) is 2.43. The second-order valence-electron chi connectivity index (χ2n) is 4.14. The summed E-state index contributed by atoms with van der Waals surface area (Å²) < 4.78 is 0. The van der Waals surface area contributed by atoms with Crippen LogP contribution in [-0.2, 0) is 0 Å². The number of aryl methyl sites for hydroxylation is 1. The minimum absolute atomic E-state index is 0.0405. The van der Waals surface area contributed by atoms with Crippen LogP contribution in [0.3, 0.4) is 0 Å². The summed E-state index contributed by atoms with van der Waals surface area (Å²) in [6.07, 6.45) is 1.59. The lowest BCUT2D eigenvalue weighted by molar-refractivity contribution is -0.384. The van der Waals surface area contributed by atoms with Gasteiger partial charge in [-0.25, -0.2) is 0 Å². The number of nitro benzene ring substituents is 1. The highest BCUT2D eigenvalue weighted by atomic mass is 35.5. The number of aromatic nitrogens is 1. The number of hydrogen-bond donors (Lipinski definition) is 1. The Morgan fingerprint density at radius 1 is 1.38 bits per heavy atom. The lowest BCUT2D eigenvalue weighted by atomic mass is 10.1. The molecule has 1 heterocycles. The molecule has 0 saturated carbocycles. The third kappa shape index (κ3) is 3.29. The third-order valence-electron chi connectivity index (χ3n) is 2.72. The van der Waals surface area contributed by atoms with Crippen LogP contribution in [0.5, 0.6) is 0 Å². The lowest BCUT2D eigenvalue weighted by Gasteiger charge is -2.09. The summed E-state index contributed by atoms with van der Waals surface area (Å²) >= 11 is 11.8. The van der Waals surface area contributed by atoms with E-state index in [1.807, 2.05) is 0 Å². The first-order chi connectivity index (χ1) is 9.90. The number of pyridine rings is 1. The zero-order valence-electron chi connectivity index (χ0n) is 10.8. The maximum absolute atomic E-state index is 12.2. The smallest absolute Gasteiger partial charge is 0.271 e. The first kappa shape index (κ1) is 15.2. The predicted octanol–water partition coefficient (Wildman–Crippen LogP) is 3.86. The van der Waals surface area contributed by atoms with E-state index in [0.717, 1.165) is 12.1 Å². The monoisotopic (exact) mass is 325 g/mol. The van der Waals surface area contributed by atoms with Crippen molar-refractivity contribution in [1.82, 2.24) is 4.98 Å². The average molecular weight is 326 g/mol. The van der Waals surface area contributed by atoms with Gasteiger partial charge in [0.25, 0.3) is 11.6 Å². The Hall–Kier alpha value is -2.18. The molecule has 108 valence electrons. The van der Waals surface area contributed by atoms with Crippen LogP contribution < -0.4 is 5.32 Å². The van der Waals surface area contributed by atoms with Crippen LogP contribution in [0.25, 0.3) is 0 Å². The number of rotatable bonds is 3. The predicted molar refractivity (Wildman–Crippen MR) is 80.0 cm³/mol. The van der Waals surface area contributed by atoms with E-state index >= 15 is 0 Å². The summed E-state index contributed by atoms with van der Waals surface area (Å²) in [5, 5.41) is 13.3. The molecular formula is C13H9Cl2N3O3. The normalized spacial score (nSPS) is 10.2. The van der Waals surface area contributed by atoms with Crippen molar-refractivity contribution in [2.75, 3.05) is 5.32 Å². The molecule has 0 fully saturated rings. The Morgan fingerprint density at radius 3 is 2.71 bits per heavy atom. The molecule has 0 aliphatic carbocycles. The lowest BCUT2D eigenvalue weighted by Crippen LogP contribution is -2.14. The molecule has 0 aliphatic heterocycles. The number of nitro groups is 1. The molecule has 21 heavy (non-hydrogen) atoms. The fraction of sp³-hybridized carbons (Fsp3) is 0.0769. The molecule has 8 heteroatoms. The fourth-order valence-electron chi connectivity index (χ4n) is 1.65. The first-order valence-corrected chi connectivity index (χ1v) is 6.52. The molecule has 0 bridgehead atoms. The molecule has 0 radical (unpaired) electrons. The number of nitrogens with zero attached hydrogens (tertiary/aromatic N) is 2. The third-order valence-corrected chi connectivity index (χ3v) is 3.53. The fourth-order valence-corrected chi connectivity index (χ4v) is 2.06. The highest BCUT2D eigenvalue weighted by Gasteiger charge is 2.20. The van der Waals surface area contributed by atoms with Gasteiger partial charge in [-0.1, -0.05) is 23.2 Å². The van der Waals surface area contributed by atoms with Crippen molar-refractivity contribution in [3.63, 3.8) is 0 Å².